The van der Waals surface area contributed by atoms with Gasteiger partial charge in [-0.2, -0.15) is 0 Å². The van der Waals surface area contributed by atoms with Crippen LogP contribution < -0.4 is 10.6 Å². The summed E-state index contributed by atoms with van der Waals surface area (Å²) in [5, 5.41) is 2.96. The van der Waals surface area contributed by atoms with E-state index in [1.165, 1.54) is 24.3 Å². The van der Waals surface area contributed by atoms with Crippen molar-refractivity contribution in [3.05, 3.63) is 72.8 Å². The monoisotopic (exact) mass is 414 g/mol. The number of hydrogen-bond acceptors (Lipinski definition) is 2. The van der Waals surface area contributed by atoms with Crippen molar-refractivity contribution < 1.29 is 28.7 Å². The molecule has 0 aromatic heterocycles. The normalized spacial score (nSPS) is 12.6. The maximum atomic E-state index is 11.5. The summed E-state index contributed by atoms with van der Waals surface area (Å²) in [5.74, 6) is 0. The van der Waals surface area contributed by atoms with E-state index < -0.39 is 15.2 Å². The molecule has 0 amide bonds. The minimum Gasteiger partial charge on any atom is -0.321 e. The van der Waals surface area contributed by atoms with E-state index in [4.69, 9.17) is 0 Å². The lowest BCUT2D eigenvalue weighted by Gasteiger charge is -2.13. The molecule has 8 heteroatoms. The van der Waals surface area contributed by atoms with Crippen molar-refractivity contribution >= 4 is 47.3 Å². The Kier molecular flexibility index (Phi) is 4.52. The Labute approximate surface area is 160 Å². The van der Waals surface area contributed by atoms with Gasteiger partial charge in [-0.15, -0.1) is 0 Å². The van der Waals surface area contributed by atoms with Gasteiger partial charge in [-0.3, -0.25) is 9.13 Å². The molecule has 4 rings (SSSR count). The molecule has 0 aliphatic rings. The first kappa shape index (κ1) is 19.0. The fourth-order valence-corrected chi connectivity index (χ4v) is 4.53. The third kappa shape index (κ3) is 3.43. The lowest BCUT2D eigenvalue weighted by Crippen LogP contribution is -2.03. The zero-order chi connectivity index (χ0) is 20.1. The molecule has 4 aromatic rings. The van der Waals surface area contributed by atoms with Crippen molar-refractivity contribution in [1.29, 1.82) is 0 Å². The van der Waals surface area contributed by atoms with Gasteiger partial charge < -0.3 is 19.6 Å². The topological polar surface area (TPSA) is 115 Å². The van der Waals surface area contributed by atoms with E-state index in [2.05, 4.69) is 0 Å². The first-order chi connectivity index (χ1) is 13.1. The maximum absolute atomic E-state index is 11.5. The van der Waals surface area contributed by atoms with Crippen LogP contribution in [0.1, 0.15) is 0 Å². The fourth-order valence-electron chi connectivity index (χ4n) is 3.37. The van der Waals surface area contributed by atoms with Crippen LogP contribution in [0.5, 0.6) is 0 Å². The molecule has 0 aliphatic carbocycles. The third-order valence-electron chi connectivity index (χ3n) is 4.69. The Bertz CT molecular complexity index is 1220. The fraction of sp³-hybridized carbons (Fsp3) is 0. The van der Waals surface area contributed by atoms with Crippen molar-refractivity contribution in [1.82, 2.24) is 0 Å². The molecule has 6 nitrogen and oxygen atoms in total. The summed E-state index contributed by atoms with van der Waals surface area (Å²) in [6, 6.07) is 20.2. The van der Waals surface area contributed by atoms with Crippen molar-refractivity contribution in [2.75, 3.05) is 0 Å². The van der Waals surface area contributed by atoms with E-state index in [1.54, 1.807) is 24.3 Å². The Balaban J connectivity index is 1.96. The summed E-state index contributed by atoms with van der Waals surface area (Å²) in [6.07, 6.45) is 0. The van der Waals surface area contributed by atoms with Crippen LogP contribution in [0, 0.1) is 0 Å². The molecule has 0 heterocycles. The quantitative estimate of drug-likeness (QED) is 0.383. The Morgan fingerprint density at radius 1 is 0.536 bits per heavy atom. The second kappa shape index (κ2) is 6.64. The third-order valence-corrected chi connectivity index (χ3v) is 6.59. The largest absolute Gasteiger partial charge is 0.356 e. The van der Waals surface area contributed by atoms with Gasteiger partial charge in [0, 0.05) is 0 Å². The smallest absolute Gasteiger partial charge is 0.321 e. The van der Waals surface area contributed by atoms with Gasteiger partial charge in [0.15, 0.2) is 0 Å². The Morgan fingerprint density at radius 3 is 1.29 bits per heavy atom. The lowest BCUT2D eigenvalue weighted by molar-refractivity contribution is 0.385. The first-order valence-electron chi connectivity index (χ1n) is 8.33. The van der Waals surface area contributed by atoms with Gasteiger partial charge in [0.1, 0.15) is 0 Å². The Morgan fingerprint density at radius 2 is 0.929 bits per heavy atom. The molecule has 0 saturated heterocycles. The predicted octanol–water partition coefficient (Wildman–Crippen LogP) is 3.27. The van der Waals surface area contributed by atoms with Crippen molar-refractivity contribution in [3.8, 4) is 11.1 Å². The molecule has 0 bridgehead atoms. The van der Waals surface area contributed by atoms with E-state index in [-0.39, 0.29) is 10.6 Å². The SMILES string of the molecule is O=P(O)(O)c1ccc2c(-c3cccc4cc(P(=O)(O)O)ccc34)cccc2c1. The highest BCUT2D eigenvalue weighted by Gasteiger charge is 2.19. The van der Waals surface area contributed by atoms with Gasteiger partial charge >= 0.3 is 15.2 Å². The molecule has 0 aliphatic heterocycles. The zero-order valence-electron chi connectivity index (χ0n) is 14.4. The van der Waals surface area contributed by atoms with Gasteiger partial charge in [0.2, 0.25) is 0 Å². The van der Waals surface area contributed by atoms with Crippen LogP contribution in [0.25, 0.3) is 32.7 Å². The maximum Gasteiger partial charge on any atom is 0.356 e. The van der Waals surface area contributed by atoms with Crippen molar-refractivity contribution in [3.63, 3.8) is 0 Å². The second-order valence-electron chi connectivity index (χ2n) is 6.51. The van der Waals surface area contributed by atoms with E-state index in [1.807, 2.05) is 24.3 Å². The van der Waals surface area contributed by atoms with E-state index in [0.717, 1.165) is 21.9 Å². The standard InChI is InChI=1S/C20H16O6P2/c21-27(22,23)15-7-9-17-13(11-15)3-1-5-19(17)20-6-2-4-14-12-16(28(24,25)26)8-10-18(14)20/h1-12H,(H2,21,22,23)(H2,24,25,26). The molecule has 4 aromatic carbocycles. The molecule has 0 fully saturated rings. The average Bonchev–Trinajstić information content (AvgIpc) is 2.64. The van der Waals surface area contributed by atoms with E-state index >= 15 is 0 Å². The second-order valence-corrected chi connectivity index (χ2v) is 9.72. The van der Waals surface area contributed by atoms with Crippen LogP contribution in [0.2, 0.25) is 0 Å². The molecule has 142 valence electrons. The number of rotatable bonds is 3. The first-order valence-corrected chi connectivity index (χ1v) is 11.6. The minimum atomic E-state index is -4.34. The molecule has 0 spiro atoms. The van der Waals surface area contributed by atoms with E-state index in [0.29, 0.717) is 10.8 Å². The number of hydrogen-bond donors (Lipinski definition) is 4. The minimum absolute atomic E-state index is 0.0404. The summed E-state index contributed by atoms with van der Waals surface area (Å²) in [4.78, 5) is 37.7. The Hall–Kier alpha value is -2.30. The van der Waals surface area contributed by atoms with Crippen LogP contribution >= 0.6 is 15.2 Å². The van der Waals surface area contributed by atoms with Crippen molar-refractivity contribution in [2.45, 2.75) is 0 Å². The van der Waals surface area contributed by atoms with E-state index in [9.17, 15) is 28.7 Å². The summed E-state index contributed by atoms with van der Waals surface area (Å²) in [6.45, 7) is 0. The molecular weight excluding hydrogens is 398 g/mol. The summed E-state index contributed by atoms with van der Waals surface area (Å²) < 4.78 is 23.1. The van der Waals surface area contributed by atoms with Gasteiger partial charge in [-0.1, -0.05) is 48.5 Å². The van der Waals surface area contributed by atoms with Crippen LogP contribution in [0.3, 0.4) is 0 Å². The molecular formula is C20H16O6P2. The molecule has 0 unspecified atom stereocenters. The summed E-state index contributed by atoms with van der Waals surface area (Å²) >= 11 is 0. The number of fused-ring (bicyclic) bond motifs is 2. The van der Waals surface area contributed by atoms with Gasteiger partial charge in [-0.05, 0) is 56.9 Å². The lowest BCUT2D eigenvalue weighted by atomic mass is 9.94. The van der Waals surface area contributed by atoms with Crippen LogP contribution in [0.4, 0.5) is 0 Å². The van der Waals surface area contributed by atoms with Crippen molar-refractivity contribution in [2.24, 2.45) is 0 Å². The van der Waals surface area contributed by atoms with Gasteiger partial charge in [0.05, 0.1) is 10.6 Å². The molecule has 28 heavy (non-hydrogen) atoms. The van der Waals surface area contributed by atoms with Gasteiger partial charge in [0.25, 0.3) is 0 Å². The zero-order valence-corrected chi connectivity index (χ0v) is 16.2. The highest BCUT2D eigenvalue weighted by atomic mass is 31.2. The molecule has 0 atom stereocenters. The van der Waals surface area contributed by atoms with Gasteiger partial charge in [-0.25, -0.2) is 0 Å². The molecule has 0 saturated carbocycles. The highest BCUT2D eigenvalue weighted by Crippen LogP contribution is 2.39. The predicted molar refractivity (Wildman–Crippen MR) is 110 cm³/mol. The number of benzene rings is 4. The molecule has 4 N–H and O–H groups in total. The van der Waals surface area contributed by atoms with Crippen LogP contribution in [-0.2, 0) is 9.13 Å². The highest BCUT2D eigenvalue weighted by molar-refractivity contribution is 7.60. The van der Waals surface area contributed by atoms with Crippen LogP contribution in [-0.4, -0.2) is 19.6 Å². The summed E-state index contributed by atoms with van der Waals surface area (Å²) in [5.41, 5.74) is 1.73. The van der Waals surface area contributed by atoms with Crippen LogP contribution in [0.15, 0.2) is 72.8 Å². The average molecular weight is 414 g/mol. The summed E-state index contributed by atoms with van der Waals surface area (Å²) in [7, 11) is -8.69. The molecule has 0 radical (unpaired) electrons.